The molecule has 0 amide bonds. The van der Waals surface area contributed by atoms with Crippen molar-refractivity contribution in [2.45, 2.75) is 26.8 Å². The Labute approximate surface area is 140 Å². The maximum Gasteiger partial charge on any atom is 0.262 e. The lowest BCUT2D eigenvalue weighted by molar-refractivity contribution is 0.101. The number of benzene rings is 2. The summed E-state index contributed by atoms with van der Waals surface area (Å²) < 4.78 is 1.66. The van der Waals surface area contributed by atoms with Crippen LogP contribution in [-0.2, 0) is 0 Å². The molecule has 0 unspecified atom stereocenters. The van der Waals surface area contributed by atoms with E-state index in [9.17, 15) is 9.59 Å². The van der Waals surface area contributed by atoms with Gasteiger partial charge in [-0.2, -0.15) is 0 Å². The van der Waals surface area contributed by atoms with Gasteiger partial charge in [-0.1, -0.05) is 30.3 Å². The van der Waals surface area contributed by atoms with Gasteiger partial charge in [-0.05, 0) is 44.5 Å². The summed E-state index contributed by atoms with van der Waals surface area (Å²) in [5, 5.41) is 0.819. The standard InChI is InChI=1S/C20H20N2O2/c1-12(2)22-17-10-9-15(21)11-16(17)19(14-7-5-4-6-8-14)18(13(3)23)20(22)24/h4-12H,21H2,1-3H3. The Morgan fingerprint density at radius 2 is 1.75 bits per heavy atom. The molecule has 0 spiro atoms. The van der Waals surface area contributed by atoms with Crippen molar-refractivity contribution < 1.29 is 4.79 Å². The summed E-state index contributed by atoms with van der Waals surface area (Å²) >= 11 is 0. The van der Waals surface area contributed by atoms with Gasteiger partial charge in [0.2, 0.25) is 0 Å². The second-order valence-electron chi connectivity index (χ2n) is 6.22. The fraction of sp³-hybridized carbons (Fsp3) is 0.200. The van der Waals surface area contributed by atoms with E-state index < -0.39 is 0 Å². The van der Waals surface area contributed by atoms with Crippen molar-refractivity contribution in [1.29, 1.82) is 0 Å². The van der Waals surface area contributed by atoms with E-state index in [0.717, 1.165) is 16.5 Å². The van der Waals surface area contributed by atoms with E-state index >= 15 is 0 Å². The summed E-state index contributed by atoms with van der Waals surface area (Å²) in [4.78, 5) is 25.4. The number of anilines is 1. The molecule has 1 heterocycles. The predicted octanol–water partition coefficient (Wildman–Crippen LogP) is 4.03. The summed E-state index contributed by atoms with van der Waals surface area (Å²) in [6.07, 6.45) is 0. The molecule has 0 aliphatic carbocycles. The molecule has 2 N–H and O–H groups in total. The normalized spacial score (nSPS) is 11.2. The van der Waals surface area contributed by atoms with Gasteiger partial charge < -0.3 is 10.3 Å². The first-order valence-corrected chi connectivity index (χ1v) is 7.96. The van der Waals surface area contributed by atoms with Crippen LogP contribution < -0.4 is 11.3 Å². The number of ketones is 1. The molecular formula is C20H20N2O2. The highest BCUT2D eigenvalue weighted by atomic mass is 16.1. The summed E-state index contributed by atoms with van der Waals surface area (Å²) in [5.41, 5.74) is 8.83. The molecule has 2 aromatic carbocycles. The maximum atomic E-state index is 13.1. The van der Waals surface area contributed by atoms with Crippen molar-refractivity contribution in [2.75, 3.05) is 5.73 Å². The minimum absolute atomic E-state index is 0.0634. The highest BCUT2D eigenvalue weighted by molar-refractivity contribution is 6.09. The lowest BCUT2D eigenvalue weighted by Crippen LogP contribution is -2.28. The third-order valence-corrected chi connectivity index (χ3v) is 4.16. The number of carbonyl (C=O) groups is 1. The molecule has 4 nitrogen and oxygen atoms in total. The number of hydrogen-bond acceptors (Lipinski definition) is 3. The molecule has 0 radical (unpaired) electrons. The fourth-order valence-electron chi connectivity index (χ4n) is 3.18. The van der Waals surface area contributed by atoms with Crippen LogP contribution in [0.2, 0.25) is 0 Å². The van der Waals surface area contributed by atoms with Crippen LogP contribution in [-0.4, -0.2) is 10.4 Å². The third kappa shape index (κ3) is 2.50. The first-order valence-electron chi connectivity index (χ1n) is 7.96. The molecule has 0 saturated heterocycles. The smallest absolute Gasteiger partial charge is 0.262 e. The molecule has 122 valence electrons. The van der Waals surface area contributed by atoms with Crippen molar-refractivity contribution in [1.82, 2.24) is 4.57 Å². The number of hydrogen-bond donors (Lipinski definition) is 1. The van der Waals surface area contributed by atoms with Gasteiger partial charge in [0.25, 0.3) is 5.56 Å². The first-order chi connectivity index (χ1) is 11.4. The Morgan fingerprint density at radius 3 is 2.33 bits per heavy atom. The van der Waals surface area contributed by atoms with E-state index in [2.05, 4.69) is 0 Å². The SMILES string of the molecule is CC(=O)c1c(-c2ccccc2)c2cc(N)ccc2n(C(C)C)c1=O. The Bertz CT molecular complexity index is 986. The number of fused-ring (bicyclic) bond motifs is 1. The lowest BCUT2D eigenvalue weighted by Gasteiger charge is -2.20. The van der Waals surface area contributed by atoms with Crippen molar-refractivity contribution in [3.8, 4) is 11.1 Å². The average Bonchev–Trinajstić information content (AvgIpc) is 2.54. The topological polar surface area (TPSA) is 65.1 Å². The van der Waals surface area contributed by atoms with Gasteiger partial charge in [0.1, 0.15) is 0 Å². The van der Waals surface area contributed by atoms with E-state index in [1.54, 1.807) is 10.6 Å². The molecule has 0 bridgehead atoms. The number of carbonyl (C=O) groups excluding carboxylic acids is 1. The number of Topliss-reactive ketones (excluding diaryl/α,β-unsaturated/α-hetero) is 1. The van der Waals surface area contributed by atoms with Crippen LogP contribution in [0.5, 0.6) is 0 Å². The highest BCUT2D eigenvalue weighted by Crippen LogP contribution is 2.32. The molecule has 0 aliphatic heterocycles. The molecule has 24 heavy (non-hydrogen) atoms. The van der Waals surface area contributed by atoms with Gasteiger partial charge in [-0.25, -0.2) is 0 Å². The number of nitrogen functional groups attached to an aromatic ring is 1. The van der Waals surface area contributed by atoms with Crippen LogP contribution in [0, 0.1) is 0 Å². The molecule has 4 heteroatoms. The largest absolute Gasteiger partial charge is 0.399 e. The first kappa shape index (κ1) is 16.0. The monoisotopic (exact) mass is 320 g/mol. The van der Waals surface area contributed by atoms with Crippen LogP contribution in [0.1, 0.15) is 37.2 Å². The molecule has 0 fully saturated rings. The van der Waals surface area contributed by atoms with Crippen LogP contribution in [0.25, 0.3) is 22.0 Å². The summed E-state index contributed by atoms with van der Waals surface area (Å²) in [6.45, 7) is 5.30. The summed E-state index contributed by atoms with van der Waals surface area (Å²) in [7, 11) is 0. The quantitative estimate of drug-likeness (QED) is 0.585. The number of rotatable bonds is 3. The van der Waals surface area contributed by atoms with Crippen LogP contribution in [0.15, 0.2) is 53.3 Å². The zero-order valence-electron chi connectivity index (χ0n) is 14.0. The lowest BCUT2D eigenvalue weighted by atomic mass is 9.93. The predicted molar refractivity (Wildman–Crippen MR) is 98.4 cm³/mol. The van der Waals surface area contributed by atoms with Crippen molar-refractivity contribution in [3.63, 3.8) is 0 Å². The molecule has 3 rings (SSSR count). The van der Waals surface area contributed by atoms with E-state index in [1.165, 1.54) is 6.92 Å². The minimum atomic E-state index is -0.256. The van der Waals surface area contributed by atoms with E-state index in [-0.39, 0.29) is 22.9 Å². The second kappa shape index (κ2) is 5.96. The zero-order chi connectivity index (χ0) is 17.4. The Morgan fingerprint density at radius 1 is 1.08 bits per heavy atom. The van der Waals surface area contributed by atoms with Gasteiger partial charge in [0.05, 0.1) is 11.1 Å². The van der Waals surface area contributed by atoms with Gasteiger partial charge in [-0.15, -0.1) is 0 Å². The van der Waals surface area contributed by atoms with Crippen LogP contribution in [0.3, 0.4) is 0 Å². The van der Waals surface area contributed by atoms with Gasteiger partial charge in [0.15, 0.2) is 5.78 Å². The molecule has 0 aliphatic rings. The van der Waals surface area contributed by atoms with Crippen molar-refractivity contribution in [2.24, 2.45) is 0 Å². The number of nitrogens with zero attached hydrogens (tertiary/aromatic N) is 1. The Kier molecular flexibility index (Phi) is 3.97. The average molecular weight is 320 g/mol. The molecule has 1 aromatic heterocycles. The van der Waals surface area contributed by atoms with Crippen molar-refractivity contribution >= 4 is 22.4 Å². The maximum absolute atomic E-state index is 13.1. The molecule has 3 aromatic rings. The Hall–Kier alpha value is -2.88. The van der Waals surface area contributed by atoms with Crippen molar-refractivity contribution in [3.05, 3.63) is 64.4 Å². The Balaban J connectivity index is 2.61. The summed E-state index contributed by atoms with van der Waals surface area (Å²) in [6, 6.07) is 14.9. The number of nitrogens with two attached hydrogens (primary N) is 1. The van der Waals surface area contributed by atoms with Gasteiger partial charge >= 0.3 is 0 Å². The van der Waals surface area contributed by atoms with Crippen LogP contribution in [0.4, 0.5) is 5.69 Å². The van der Waals surface area contributed by atoms with E-state index in [1.807, 2.05) is 56.3 Å². The summed E-state index contributed by atoms with van der Waals surface area (Å²) in [5.74, 6) is -0.238. The van der Waals surface area contributed by atoms with E-state index in [4.69, 9.17) is 5.73 Å². The molecule has 0 atom stereocenters. The third-order valence-electron chi connectivity index (χ3n) is 4.16. The van der Waals surface area contributed by atoms with E-state index in [0.29, 0.717) is 11.3 Å². The van der Waals surface area contributed by atoms with Gasteiger partial charge in [-0.3, -0.25) is 9.59 Å². The zero-order valence-corrected chi connectivity index (χ0v) is 14.0. The fourth-order valence-corrected chi connectivity index (χ4v) is 3.18. The number of aromatic nitrogens is 1. The highest BCUT2D eigenvalue weighted by Gasteiger charge is 2.22. The number of pyridine rings is 1. The molecular weight excluding hydrogens is 300 g/mol. The molecule has 0 saturated carbocycles. The van der Waals surface area contributed by atoms with Crippen LogP contribution >= 0.6 is 0 Å². The second-order valence-corrected chi connectivity index (χ2v) is 6.22. The minimum Gasteiger partial charge on any atom is -0.399 e. The van der Waals surface area contributed by atoms with Gasteiger partial charge in [0, 0.05) is 22.7 Å².